The second-order valence-corrected chi connectivity index (χ2v) is 3.83. The maximum atomic E-state index is 10.8. The highest BCUT2D eigenvalue weighted by atomic mass is 31.2. The Kier molecular flexibility index (Phi) is 4.91. The minimum atomic E-state index is -3.43. The lowest BCUT2D eigenvalue weighted by Gasteiger charge is -2.06. The monoisotopic (exact) mass is 168 g/mol. The first-order chi connectivity index (χ1) is 4.62. The second-order valence-electron chi connectivity index (χ2n) is 1.96. The zero-order valence-electron chi connectivity index (χ0n) is 6.24. The van der Waals surface area contributed by atoms with Gasteiger partial charge in [-0.2, -0.15) is 0 Å². The van der Waals surface area contributed by atoms with E-state index in [-0.39, 0.29) is 6.16 Å². The molecule has 1 atom stereocenters. The first-order valence-corrected chi connectivity index (χ1v) is 4.93. The van der Waals surface area contributed by atoms with E-state index in [1.165, 1.54) is 7.11 Å². The average Bonchev–Trinajstić information content (AvgIpc) is 1.84. The fourth-order valence-corrected chi connectivity index (χ4v) is 1.53. The fraction of sp³-hybridized carbons (Fsp3) is 1.00. The molecule has 62 valence electrons. The Morgan fingerprint density at radius 3 is 2.60 bits per heavy atom. The third-order valence-corrected chi connectivity index (χ3v) is 2.25. The third kappa shape index (κ3) is 4.94. The topological polar surface area (TPSA) is 55.8 Å². The molecule has 0 aromatic rings. The Hall–Kier alpha value is 0.110. The molecule has 0 aliphatic heterocycles. The molecule has 0 radical (unpaired) electrons. The highest BCUT2D eigenvalue weighted by Crippen LogP contribution is 2.42. The van der Waals surface area contributed by atoms with E-state index in [1.54, 1.807) is 0 Å². The van der Waals surface area contributed by atoms with Crippen LogP contribution in [0.15, 0.2) is 0 Å². The molecule has 10 heavy (non-hydrogen) atoms. The molecular weight excluding hydrogens is 155 g/mol. The van der Waals surface area contributed by atoms with Crippen molar-refractivity contribution in [2.24, 2.45) is 0 Å². The number of hydrogen-bond donors (Lipinski definition) is 1. The predicted octanol–water partition coefficient (Wildman–Crippen LogP) is 1.55. The van der Waals surface area contributed by atoms with Crippen LogP contribution in [0.1, 0.15) is 19.8 Å². The SMILES string of the molecule is CCCCP(=O)(O)OOC. The Bertz CT molecular complexity index is 125. The summed E-state index contributed by atoms with van der Waals surface area (Å²) in [4.78, 5) is 12.9. The molecule has 0 aromatic heterocycles. The molecule has 0 rings (SSSR count). The second kappa shape index (κ2) is 4.85. The predicted molar refractivity (Wildman–Crippen MR) is 37.7 cm³/mol. The van der Waals surface area contributed by atoms with Crippen LogP contribution >= 0.6 is 7.60 Å². The normalized spacial score (nSPS) is 16.7. The Balaban J connectivity index is 3.53. The van der Waals surface area contributed by atoms with E-state index >= 15 is 0 Å². The zero-order chi connectivity index (χ0) is 8.04. The summed E-state index contributed by atoms with van der Waals surface area (Å²) in [5, 5.41) is 0. The third-order valence-electron chi connectivity index (χ3n) is 0.985. The van der Waals surface area contributed by atoms with Gasteiger partial charge in [0.05, 0.1) is 13.3 Å². The van der Waals surface area contributed by atoms with Gasteiger partial charge in [-0.15, -0.1) is 4.67 Å². The van der Waals surface area contributed by atoms with Gasteiger partial charge in [0.25, 0.3) is 0 Å². The first-order valence-electron chi connectivity index (χ1n) is 3.16. The molecule has 0 aromatic carbocycles. The smallest absolute Gasteiger partial charge is 0.323 e. The van der Waals surface area contributed by atoms with Crippen molar-refractivity contribution in [2.75, 3.05) is 13.3 Å². The quantitative estimate of drug-likeness (QED) is 0.384. The summed E-state index contributed by atoms with van der Waals surface area (Å²) in [7, 11) is -2.21. The van der Waals surface area contributed by atoms with Gasteiger partial charge < -0.3 is 4.89 Å². The molecule has 5 heteroatoms. The molecule has 0 bridgehead atoms. The molecule has 0 aliphatic rings. The van der Waals surface area contributed by atoms with Crippen molar-refractivity contribution in [1.29, 1.82) is 0 Å². The van der Waals surface area contributed by atoms with Gasteiger partial charge in [-0.3, -0.25) is 4.57 Å². The van der Waals surface area contributed by atoms with E-state index < -0.39 is 7.60 Å². The van der Waals surface area contributed by atoms with E-state index in [4.69, 9.17) is 4.89 Å². The average molecular weight is 168 g/mol. The molecular formula is C5H13O4P. The lowest BCUT2D eigenvalue weighted by Crippen LogP contribution is -1.93. The van der Waals surface area contributed by atoms with Crippen LogP contribution in [0.3, 0.4) is 0 Å². The molecule has 4 nitrogen and oxygen atoms in total. The summed E-state index contributed by atoms with van der Waals surface area (Å²) >= 11 is 0. The standard InChI is InChI=1S/C5H13O4P/c1-3-4-5-10(6,7)9-8-2/h3-5H2,1-2H3,(H,6,7). The summed E-state index contributed by atoms with van der Waals surface area (Å²) < 4.78 is 14.9. The van der Waals surface area contributed by atoms with Crippen LogP contribution in [-0.4, -0.2) is 18.2 Å². The lowest BCUT2D eigenvalue weighted by atomic mass is 10.4. The maximum absolute atomic E-state index is 10.8. The molecule has 0 saturated carbocycles. The van der Waals surface area contributed by atoms with Crippen LogP contribution in [-0.2, 0) is 14.1 Å². The van der Waals surface area contributed by atoms with Crippen LogP contribution in [0.5, 0.6) is 0 Å². The summed E-state index contributed by atoms with van der Waals surface area (Å²) in [6, 6.07) is 0. The highest BCUT2D eigenvalue weighted by molar-refractivity contribution is 7.52. The van der Waals surface area contributed by atoms with Crippen LogP contribution in [0.4, 0.5) is 0 Å². The number of rotatable bonds is 5. The van der Waals surface area contributed by atoms with Gasteiger partial charge in [0.15, 0.2) is 0 Å². The number of hydrogen-bond acceptors (Lipinski definition) is 3. The van der Waals surface area contributed by atoms with Crippen molar-refractivity contribution in [2.45, 2.75) is 19.8 Å². The Morgan fingerprint density at radius 2 is 2.20 bits per heavy atom. The van der Waals surface area contributed by atoms with Crippen molar-refractivity contribution >= 4 is 7.60 Å². The Labute approximate surface area is 60.6 Å². The van der Waals surface area contributed by atoms with Crippen LogP contribution < -0.4 is 0 Å². The summed E-state index contributed by atoms with van der Waals surface area (Å²) in [5.74, 6) is 0. The van der Waals surface area contributed by atoms with Gasteiger partial charge in [0, 0.05) is 0 Å². The van der Waals surface area contributed by atoms with Gasteiger partial charge >= 0.3 is 7.60 Å². The van der Waals surface area contributed by atoms with Crippen LogP contribution in [0, 0.1) is 0 Å². The summed E-state index contributed by atoms with van der Waals surface area (Å²) in [5.41, 5.74) is 0. The van der Waals surface area contributed by atoms with Crippen LogP contribution in [0.2, 0.25) is 0 Å². The van der Waals surface area contributed by atoms with E-state index in [2.05, 4.69) is 9.56 Å². The molecule has 0 fully saturated rings. The van der Waals surface area contributed by atoms with Gasteiger partial charge in [0.2, 0.25) is 0 Å². The van der Waals surface area contributed by atoms with E-state index in [0.717, 1.165) is 6.42 Å². The molecule has 0 amide bonds. The lowest BCUT2D eigenvalue weighted by molar-refractivity contribution is -0.185. The van der Waals surface area contributed by atoms with E-state index in [1.807, 2.05) is 6.92 Å². The Morgan fingerprint density at radius 1 is 1.60 bits per heavy atom. The van der Waals surface area contributed by atoms with Gasteiger partial charge in [-0.1, -0.05) is 13.3 Å². The molecule has 0 saturated heterocycles. The molecule has 0 aliphatic carbocycles. The first kappa shape index (κ1) is 10.1. The summed E-state index contributed by atoms with van der Waals surface area (Å²) in [6.07, 6.45) is 1.71. The van der Waals surface area contributed by atoms with E-state index in [9.17, 15) is 4.57 Å². The van der Waals surface area contributed by atoms with Gasteiger partial charge in [0.1, 0.15) is 0 Å². The largest absolute Gasteiger partial charge is 0.355 e. The maximum Gasteiger partial charge on any atom is 0.355 e. The van der Waals surface area contributed by atoms with Crippen molar-refractivity contribution in [1.82, 2.24) is 0 Å². The van der Waals surface area contributed by atoms with Crippen molar-refractivity contribution in [3.8, 4) is 0 Å². The molecule has 1 N–H and O–H groups in total. The zero-order valence-corrected chi connectivity index (χ0v) is 7.13. The van der Waals surface area contributed by atoms with E-state index in [0.29, 0.717) is 6.42 Å². The fourth-order valence-electron chi connectivity index (χ4n) is 0.512. The van der Waals surface area contributed by atoms with Crippen molar-refractivity contribution in [3.05, 3.63) is 0 Å². The molecule has 1 unspecified atom stereocenters. The minimum Gasteiger partial charge on any atom is -0.323 e. The van der Waals surface area contributed by atoms with Gasteiger partial charge in [-0.05, 0) is 6.42 Å². The highest BCUT2D eigenvalue weighted by Gasteiger charge is 2.18. The van der Waals surface area contributed by atoms with Crippen molar-refractivity contribution in [3.63, 3.8) is 0 Å². The number of unbranched alkanes of at least 4 members (excludes halogenated alkanes) is 1. The minimum absolute atomic E-state index is 0.164. The van der Waals surface area contributed by atoms with Gasteiger partial charge in [-0.25, -0.2) is 4.89 Å². The molecule has 0 heterocycles. The van der Waals surface area contributed by atoms with Crippen LogP contribution in [0.25, 0.3) is 0 Å². The summed E-state index contributed by atoms with van der Waals surface area (Å²) in [6.45, 7) is 1.94. The van der Waals surface area contributed by atoms with Crippen molar-refractivity contribution < 1.29 is 19.0 Å². The molecule has 0 spiro atoms.